The van der Waals surface area contributed by atoms with Crippen LogP contribution in [0.1, 0.15) is 23.2 Å². The van der Waals surface area contributed by atoms with Crippen LogP contribution in [0.3, 0.4) is 0 Å². The van der Waals surface area contributed by atoms with Crippen molar-refractivity contribution < 1.29 is 9.53 Å². The average Bonchev–Trinajstić information content (AvgIpc) is 3.13. The van der Waals surface area contributed by atoms with Crippen molar-refractivity contribution >= 4 is 17.5 Å². The molecule has 0 radical (unpaired) electrons. The summed E-state index contributed by atoms with van der Waals surface area (Å²) in [6, 6.07) is 9.48. The number of para-hydroxylation sites is 1. The number of rotatable bonds is 5. The zero-order valence-electron chi connectivity index (χ0n) is 13.1. The van der Waals surface area contributed by atoms with E-state index >= 15 is 0 Å². The summed E-state index contributed by atoms with van der Waals surface area (Å²) in [4.78, 5) is 22.4. The Morgan fingerprint density at radius 1 is 1.30 bits per heavy atom. The summed E-state index contributed by atoms with van der Waals surface area (Å²) >= 11 is 0. The van der Waals surface area contributed by atoms with E-state index in [2.05, 4.69) is 15.3 Å². The quantitative estimate of drug-likeness (QED) is 0.918. The average molecular weight is 312 g/mol. The van der Waals surface area contributed by atoms with Gasteiger partial charge in [-0.15, -0.1) is 0 Å². The predicted octanol–water partition coefficient (Wildman–Crippen LogP) is 2.34. The predicted molar refractivity (Wildman–Crippen MR) is 88.7 cm³/mol. The first-order chi connectivity index (χ1) is 11.2. The highest BCUT2D eigenvalue weighted by atomic mass is 16.5. The Labute approximate surface area is 135 Å². The van der Waals surface area contributed by atoms with Crippen molar-refractivity contribution in [2.45, 2.75) is 18.9 Å². The number of amides is 1. The second-order valence-corrected chi connectivity index (χ2v) is 5.51. The summed E-state index contributed by atoms with van der Waals surface area (Å²) < 4.78 is 5.54. The summed E-state index contributed by atoms with van der Waals surface area (Å²) in [7, 11) is 1.74. The van der Waals surface area contributed by atoms with Crippen molar-refractivity contribution in [1.29, 1.82) is 0 Å². The SMILES string of the molecule is CN(C(=O)c1cnc(NCC2CCCO2)nc1)c1ccccc1. The van der Waals surface area contributed by atoms with Gasteiger partial charge in [-0.1, -0.05) is 18.2 Å². The van der Waals surface area contributed by atoms with Crippen molar-refractivity contribution in [1.82, 2.24) is 9.97 Å². The van der Waals surface area contributed by atoms with Gasteiger partial charge < -0.3 is 15.0 Å². The minimum Gasteiger partial charge on any atom is -0.376 e. The molecule has 1 fully saturated rings. The second kappa shape index (κ2) is 7.19. The van der Waals surface area contributed by atoms with Crippen LogP contribution in [0.25, 0.3) is 0 Å². The maximum atomic E-state index is 12.4. The Morgan fingerprint density at radius 3 is 2.70 bits per heavy atom. The Hall–Kier alpha value is -2.47. The van der Waals surface area contributed by atoms with E-state index in [-0.39, 0.29) is 12.0 Å². The molecule has 0 spiro atoms. The van der Waals surface area contributed by atoms with E-state index in [9.17, 15) is 4.79 Å². The minimum atomic E-state index is -0.137. The first-order valence-corrected chi connectivity index (χ1v) is 7.74. The Balaban J connectivity index is 1.61. The monoisotopic (exact) mass is 312 g/mol. The van der Waals surface area contributed by atoms with E-state index in [0.717, 1.165) is 25.1 Å². The molecule has 2 aromatic rings. The first-order valence-electron chi connectivity index (χ1n) is 7.74. The number of hydrogen-bond acceptors (Lipinski definition) is 5. The molecular formula is C17H20N4O2. The lowest BCUT2D eigenvalue weighted by atomic mass is 10.2. The van der Waals surface area contributed by atoms with Crippen LogP contribution in [0.5, 0.6) is 0 Å². The molecule has 1 N–H and O–H groups in total. The van der Waals surface area contributed by atoms with Crippen LogP contribution in [0.4, 0.5) is 11.6 Å². The molecule has 120 valence electrons. The van der Waals surface area contributed by atoms with Crippen LogP contribution in [0.2, 0.25) is 0 Å². The molecule has 1 aliphatic rings. The lowest BCUT2D eigenvalue weighted by molar-refractivity contribution is 0.0992. The fraction of sp³-hybridized carbons (Fsp3) is 0.353. The highest BCUT2D eigenvalue weighted by Gasteiger charge is 2.16. The van der Waals surface area contributed by atoms with Crippen molar-refractivity contribution in [3.05, 3.63) is 48.3 Å². The van der Waals surface area contributed by atoms with Crippen molar-refractivity contribution in [2.24, 2.45) is 0 Å². The number of carbonyl (C=O) groups excluding carboxylic acids is 1. The Bertz CT molecular complexity index is 639. The maximum Gasteiger partial charge on any atom is 0.261 e. The fourth-order valence-electron chi connectivity index (χ4n) is 2.50. The van der Waals surface area contributed by atoms with Crippen molar-refractivity contribution in [3.8, 4) is 0 Å². The van der Waals surface area contributed by atoms with Gasteiger partial charge in [0.2, 0.25) is 5.95 Å². The highest BCUT2D eigenvalue weighted by molar-refractivity contribution is 6.05. The van der Waals surface area contributed by atoms with Gasteiger partial charge >= 0.3 is 0 Å². The molecule has 1 aliphatic heterocycles. The standard InChI is InChI=1S/C17H20N4O2/c1-21(14-6-3-2-4-7-14)16(22)13-10-18-17(19-11-13)20-12-15-8-5-9-23-15/h2-4,6-7,10-11,15H,5,8-9,12H2,1H3,(H,18,19,20). The number of aromatic nitrogens is 2. The van der Waals surface area contributed by atoms with Gasteiger partial charge in [0.25, 0.3) is 5.91 Å². The number of carbonyl (C=O) groups is 1. The van der Waals surface area contributed by atoms with Gasteiger partial charge in [-0.2, -0.15) is 0 Å². The number of nitrogens with one attached hydrogen (secondary N) is 1. The second-order valence-electron chi connectivity index (χ2n) is 5.51. The van der Waals surface area contributed by atoms with Crippen LogP contribution in [-0.4, -0.2) is 42.2 Å². The van der Waals surface area contributed by atoms with Gasteiger partial charge in [0.15, 0.2) is 0 Å². The molecular weight excluding hydrogens is 292 g/mol. The number of anilines is 2. The normalized spacial score (nSPS) is 17.0. The smallest absolute Gasteiger partial charge is 0.261 e. The lowest BCUT2D eigenvalue weighted by Crippen LogP contribution is -2.26. The zero-order chi connectivity index (χ0) is 16.1. The first kappa shape index (κ1) is 15.4. The molecule has 1 aromatic carbocycles. The Morgan fingerprint density at radius 2 is 2.04 bits per heavy atom. The molecule has 0 aliphatic carbocycles. The fourth-order valence-corrected chi connectivity index (χ4v) is 2.50. The van der Waals surface area contributed by atoms with Gasteiger partial charge in [0.1, 0.15) is 0 Å². The number of hydrogen-bond donors (Lipinski definition) is 1. The zero-order valence-corrected chi connectivity index (χ0v) is 13.1. The van der Waals surface area contributed by atoms with Crippen molar-refractivity contribution in [3.63, 3.8) is 0 Å². The van der Waals surface area contributed by atoms with Crippen LogP contribution in [0.15, 0.2) is 42.7 Å². The van der Waals surface area contributed by atoms with Gasteiger partial charge in [0.05, 0.1) is 11.7 Å². The molecule has 0 saturated carbocycles. The van der Waals surface area contributed by atoms with Gasteiger partial charge in [-0.05, 0) is 25.0 Å². The Kier molecular flexibility index (Phi) is 4.83. The third-order valence-electron chi connectivity index (χ3n) is 3.86. The highest BCUT2D eigenvalue weighted by Crippen LogP contribution is 2.15. The van der Waals surface area contributed by atoms with E-state index in [1.54, 1.807) is 24.3 Å². The minimum absolute atomic E-state index is 0.137. The largest absolute Gasteiger partial charge is 0.376 e. The summed E-state index contributed by atoms with van der Waals surface area (Å²) in [6.07, 6.45) is 5.49. The molecule has 1 atom stereocenters. The summed E-state index contributed by atoms with van der Waals surface area (Å²) in [6.45, 7) is 1.52. The molecule has 1 aromatic heterocycles. The van der Waals surface area contributed by atoms with Gasteiger partial charge in [-0.25, -0.2) is 9.97 Å². The molecule has 0 bridgehead atoms. The summed E-state index contributed by atoms with van der Waals surface area (Å²) in [5.74, 6) is 0.376. The maximum absolute atomic E-state index is 12.4. The molecule has 1 amide bonds. The molecule has 23 heavy (non-hydrogen) atoms. The third-order valence-corrected chi connectivity index (χ3v) is 3.86. The molecule has 2 heterocycles. The van der Waals surface area contributed by atoms with E-state index in [1.165, 1.54) is 0 Å². The molecule has 1 unspecified atom stereocenters. The summed E-state index contributed by atoms with van der Waals surface area (Å²) in [5.41, 5.74) is 1.29. The third kappa shape index (κ3) is 3.84. The van der Waals surface area contributed by atoms with Gasteiger partial charge in [0, 0.05) is 38.3 Å². The topological polar surface area (TPSA) is 67.4 Å². The van der Waals surface area contributed by atoms with Crippen LogP contribution in [0, 0.1) is 0 Å². The van der Waals surface area contributed by atoms with E-state index in [0.29, 0.717) is 18.1 Å². The van der Waals surface area contributed by atoms with Crippen molar-refractivity contribution in [2.75, 3.05) is 30.4 Å². The molecule has 6 heteroatoms. The number of benzene rings is 1. The van der Waals surface area contributed by atoms with E-state index in [1.807, 2.05) is 30.3 Å². The van der Waals surface area contributed by atoms with Gasteiger partial charge in [-0.3, -0.25) is 4.79 Å². The van der Waals surface area contributed by atoms with E-state index in [4.69, 9.17) is 4.74 Å². The van der Waals surface area contributed by atoms with Crippen LogP contribution >= 0.6 is 0 Å². The van der Waals surface area contributed by atoms with E-state index < -0.39 is 0 Å². The summed E-state index contributed by atoms with van der Waals surface area (Å²) in [5, 5.41) is 3.14. The molecule has 1 saturated heterocycles. The lowest BCUT2D eigenvalue weighted by Gasteiger charge is -2.17. The molecule has 3 rings (SSSR count). The number of ether oxygens (including phenoxy) is 1. The number of nitrogens with zero attached hydrogens (tertiary/aromatic N) is 3. The van der Waals surface area contributed by atoms with Crippen LogP contribution in [-0.2, 0) is 4.74 Å². The van der Waals surface area contributed by atoms with Crippen LogP contribution < -0.4 is 10.2 Å². The molecule has 6 nitrogen and oxygen atoms in total.